The summed E-state index contributed by atoms with van der Waals surface area (Å²) in [5.41, 5.74) is 9.56. The number of nitrogens with two attached hydrogens (primary N) is 1. The monoisotopic (exact) mass is 264 g/mol. The highest BCUT2D eigenvalue weighted by molar-refractivity contribution is 5.61. The van der Waals surface area contributed by atoms with Crippen LogP contribution >= 0.6 is 0 Å². The summed E-state index contributed by atoms with van der Waals surface area (Å²) in [6.07, 6.45) is 0. The molecule has 3 heteroatoms. The molecule has 1 rings (SSSR count). The van der Waals surface area contributed by atoms with Crippen molar-refractivity contribution in [3.05, 3.63) is 23.3 Å². The molecule has 1 aromatic rings. The fourth-order valence-electron chi connectivity index (χ4n) is 2.24. The van der Waals surface area contributed by atoms with E-state index in [0.29, 0.717) is 11.8 Å². The third-order valence-electron chi connectivity index (χ3n) is 3.96. The first-order valence-corrected chi connectivity index (χ1v) is 6.97. The molecule has 0 fully saturated rings. The number of hydrogen-bond donors (Lipinski definition) is 1. The van der Waals surface area contributed by atoms with Crippen LogP contribution in [0.2, 0.25) is 0 Å². The minimum atomic E-state index is 0.497. The van der Waals surface area contributed by atoms with Gasteiger partial charge in [-0.1, -0.05) is 13.8 Å². The fourth-order valence-corrected chi connectivity index (χ4v) is 2.24. The summed E-state index contributed by atoms with van der Waals surface area (Å²) in [7, 11) is 3.84. The molecule has 3 nitrogen and oxygen atoms in total. The van der Waals surface area contributed by atoms with Crippen molar-refractivity contribution in [2.75, 3.05) is 32.1 Å². The van der Waals surface area contributed by atoms with Crippen molar-refractivity contribution in [2.24, 2.45) is 17.6 Å². The second kappa shape index (κ2) is 6.80. The molecule has 19 heavy (non-hydrogen) atoms. The number of nitrogens with zero attached hydrogens (tertiary/aromatic N) is 1. The van der Waals surface area contributed by atoms with Crippen LogP contribution < -0.4 is 15.4 Å². The maximum Gasteiger partial charge on any atom is 0.142 e. The summed E-state index contributed by atoms with van der Waals surface area (Å²) < 4.78 is 5.51. The molecule has 0 aliphatic heterocycles. The zero-order valence-electron chi connectivity index (χ0n) is 13.2. The quantitative estimate of drug-likeness (QED) is 0.858. The van der Waals surface area contributed by atoms with Gasteiger partial charge in [0.15, 0.2) is 0 Å². The Bertz CT molecular complexity index is 415. The van der Waals surface area contributed by atoms with Crippen LogP contribution in [-0.4, -0.2) is 27.2 Å². The fraction of sp³-hybridized carbons (Fsp3) is 0.625. The lowest BCUT2D eigenvalue weighted by molar-refractivity contribution is 0.391. The second-order valence-corrected chi connectivity index (χ2v) is 5.73. The third kappa shape index (κ3) is 3.87. The van der Waals surface area contributed by atoms with Crippen LogP contribution in [0.4, 0.5) is 5.69 Å². The van der Waals surface area contributed by atoms with E-state index in [1.165, 1.54) is 11.1 Å². The van der Waals surface area contributed by atoms with Gasteiger partial charge in [-0.25, -0.2) is 0 Å². The van der Waals surface area contributed by atoms with Crippen molar-refractivity contribution < 1.29 is 4.74 Å². The average molecular weight is 264 g/mol. The standard InChI is InChI=1S/C16H28N2O/c1-11(2)14(9-17)10-18(5)15-7-12(3)13(4)8-16(15)19-6/h7-8,11,14H,9-10,17H2,1-6H3. The average Bonchev–Trinajstić information content (AvgIpc) is 2.37. The first-order chi connectivity index (χ1) is 8.90. The van der Waals surface area contributed by atoms with E-state index < -0.39 is 0 Å². The zero-order chi connectivity index (χ0) is 14.6. The van der Waals surface area contributed by atoms with Gasteiger partial charge in [0.25, 0.3) is 0 Å². The van der Waals surface area contributed by atoms with Crippen LogP contribution in [0.5, 0.6) is 5.75 Å². The van der Waals surface area contributed by atoms with Crippen molar-refractivity contribution in [3.8, 4) is 5.75 Å². The minimum absolute atomic E-state index is 0.497. The number of aryl methyl sites for hydroxylation is 2. The van der Waals surface area contributed by atoms with Gasteiger partial charge in [0.05, 0.1) is 12.8 Å². The number of anilines is 1. The first-order valence-electron chi connectivity index (χ1n) is 6.97. The number of benzene rings is 1. The van der Waals surface area contributed by atoms with Gasteiger partial charge in [0, 0.05) is 13.6 Å². The Morgan fingerprint density at radius 3 is 2.26 bits per heavy atom. The van der Waals surface area contributed by atoms with Crippen LogP contribution in [0.15, 0.2) is 12.1 Å². The van der Waals surface area contributed by atoms with Gasteiger partial charge in [0.2, 0.25) is 0 Å². The molecule has 0 saturated carbocycles. The Balaban J connectivity index is 2.98. The van der Waals surface area contributed by atoms with E-state index in [9.17, 15) is 0 Å². The molecule has 0 amide bonds. The molecular formula is C16H28N2O. The van der Waals surface area contributed by atoms with Gasteiger partial charge < -0.3 is 15.4 Å². The summed E-state index contributed by atoms with van der Waals surface area (Å²) in [6, 6.07) is 4.30. The van der Waals surface area contributed by atoms with Crippen LogP contribution in [0.25, 0.3) is 0 Å². The molecule has 0 aliphatic carbocycles. The highest BCUT2D eigenvalue weighted by Gasteiger charge is 2.17. The molecule has 1 unspecified atom stereocenters. The minimum Gasteiger partial charge on any atom is -0.495 e. The molecule has 0 heterocycles. The molecule has 1 atom stereocenters. The normalized spacial score (nSPS) is 12.6. The van der Waals surface area contributed by atoms with Crippen LogP contribution in [0.3, 0.4) is 0 Å². The Morgan fingerprint density at radius 2 is 1.79 bits per heavy atom. The Hall–Kier alpha value is -1.22. The lowest BCUT2D eigenvalue weighted by atomic mass is 9.95. The molecule has 0 aromatic heterocycles. The largest absolute Gasteiger partial charge is 0.495 e. The molecular weight excluding hydrogens is 236 g/mol. The van der Waals surface area contributed by atoms with Crippen molar-refractivity contribution in [3.63, 3.8) is 0 Å². The van der Waals surface area contributed by atoms with Gasteiger partial charge in [-0.05, 0) is 55.5 Å². The van der Waals surface area contributed by atoms with E-state index in [0.717, 1.165) is 24.5 Å². The van der Waals surface area contributed by atoms with E-state index in [4.69, 9.17) is 10.5 Å². The van der Waals surface area contributed by atoms with Crippen molar-refractivity contribution in [1.82, 2.24) is 0 Å². The highest BCUT2D eigenvalue weighted by atomic mass is 16.5. The molecule has 0 saturated heterocycles. The molecule has 0 spiro atoms. The smallest absolute Gasteiger partial charge is 0.142 e. The second-order valence-electron chi connectivity index (χ2n) is 5.73. The molecule has 0 radical (unpaired) electrons. The zero-order valence-corrected chi connectivity index (χ0v) is 13.2. The van der Waals surface area contributed by atoms with Crippen LogP contribution in [0, 0.1) is 25.7 Å². The lowest BCUT2D eigenvalue weighted by Crippen LogP contribution is -2.33. The van der Waals surface area contributed by atoms with Gasteiger partial charge >= 0.3 is 0 Å². The van der Waals surface area contributed by atoms with Crippen LogP contribution in [-0.2, 0) is 0 Å². The number of ether oxygens (including phenoxy) is 1. The first kappa shape index (κ1) is 15.8. The molecule has 0 aliphatic rings. The Kier molecular flexibility index (Phi) is 5.67. The molecule has 2 N–H and O–H groups in total. The third-order valence-corrected chi connectivity index (χ3v) is 3.96. The lowest BCUT2D eigenvalue weighted by Gasteiger charge is -2.29. The van der Waals surface area contributed by atoms with Gasteiger partial charge in [0.1, 0.15) is 5.75 Å². The topological polar surface area (TPSA) is 38.5 Å². The molecule has 1 aromatic carbocycles. The van der Waals surface area contributed by atoms with Crippen molar-refractivity contribution in [1.29, 1.82) is 0 Å². The summed E-state index contributed by atoms with van der Waals surface area (Å²) in [6.45, 7) is 10.4. The van der Waals surface area contributed by atoms with E-state index in [2.05, 4.69) is 51.8 Å². The predicted octanol–water partition coefficient (Wildman–Crippen LogP) is 2.98. The maximum atomic E-state index is 5.87. The summed E-state index contributed by atoms with van der Waals surface area (Å²) in [4.78, 5) is 2.25. The van der Waals surface area contributed by atoms with E-state index in [1.54, 1.807) is 7.11 Å². The van der Waals surface area contributed by atoms with Crippen molar-refractivity contribution >= 4 is 5.69 Å². The van der Waals surface area contributed by atoms with Gasteiger partial charge in [-0.3, -0.25) is 0 Å². The van der Waals surface area contributed by atoms with Crippen LogP contribution in [0.1, 0.15) is 25.0 Å². The van der Waals surface area contributed by atoms with Gasteiger partial charge in [-0.2, -0.15) is 0 Å². The van der Waals surface area contributed by atoms with E-state index >= 15 is 0 Å². The molecule has 108 valence electrons. The summed E-state index contributed by atoms with van der Waals surface area (Å²) in [5, 5.41) is 0. The summed E-state index contributed by atoms with van der Waals surface area (Å²) >= 11 is 0. The Morgan fingerprint density at radius 1 is 1.21 bits per heavy atom. The summed E-state index contributed by atoms with van der Waals surface area (Å²) in [5.74, 6) is 2.02. The van der Waals surface area contributed by atoms with E-state index in [-0.39, 0.29) is 0 Å². The molecule has 0 bridgehead atoms. The number of rotatable bonds is 6. The predicted molar refractivity (Wildman–Crippen MR) is 83.1 cm³/mol. The van der Waals surface area contributed by atoms with Gasteiger partial charge in [-0.15, -0.1) is 0 Å². The Labute approximate surface area is 117 Å². The van der Waals surface area contributed by atoms with E-state index in [1.807, 2.05) is 0 Å². The SMILES string of the molecule is COc1cc(C)c(C)cc1N(C)CC(CN)C(C)C. The maximum absolute atomic E-state index is 5.87. The number of methoxy groups -OCH3 is 1. The van der Waals surface area contributed by atoms with Crippen molar-refractivity contribution in [2.45, 2.75) is 27.7 Å². The number of hydrogen-bond acceptors (Lipinski definition) is 3. The highest BCUT2D eigenvalue weighted by Crippen LogP contribution is 2.31.